The molecule has 0 aliphatic heterocycles. The Morgan fingerprint density at radius 3 is 2.23 bits per heavy atom. The van der Waals surface area contributed by atoms with Crippen LogP contribution in [0.4, 0.5) is 0 Å². The lowest BCUT2D eigenvalue weighted by molar-refractivity contribution is 0.0465. The molecule has 0 saturated carbocycles. The molecule has 0 unspecified atom stereocenters. The minimum Gasteiger partial charge on any atom is -0.393 e. The van der Waals surface area contributed by atoms with Crippen molar-refractivity contribution in [3.8, 4) is 0 Å². The monoisotopic (exact) mass is 188 g/mol. The van der Waals surface area contributed by atoms with Crippen LogP contribution in [0.2, 0.25) is 0 Å². The van der Waals surface area contributed by atoms with E-state index < -0.39 is 5.60 Å². The molecular weight excluding hydrogens is 164 g/mol. The third kappa shape index (κ3) is 9.84. The predicted molar refractivity (Wildman–Crippen MR) is 55.7 cm³/mol. The number of rotatable bonds is 7. The Balaban J connectivity index is 3.35. The van der Waals surface area contributed by atoms with Crippen molar-refractivity contribution in [1.82, 2.24) is 0 Å². The van der Waals surface area contributed by atoms with Crippen LogP contribution >= 0.6 is 0 Å². The number of hydrogen-bond donors (Lipinski definition) is 2. The quantitative estimate of drug-likeness (QED) is 0.603. The molecule has 0 amide bonds. The van der Waals surface area contributed by atoms with E-state index in [1.165, 1.54) is 12.8 Å². The third-order valence-electron chi connectivity index (χ3n) is 2.23. The van der Waals surface area contributed by atoms with Gasteiger partial charge in [-0.2, -0.15) is 0 Å². The van der Waals surface area contributed by atoms with Crippen LogP contribution < -0.4 is 0 Å². The normalized spacial score (nSPS) is 14.5. The molecule has 0 heterocycles. The van der Waals surface area contributed by atoms with Gasteiger partial charge >= 0.3 is 0 Å². The molecule has 0 spiro atoms. The summed E-state index contributed by atoms with van der Waals surface area (Å²) in [7, 11) is 0. The van der Waals surface area contributed by atoms with E-state index >= 15 is 0 Å². The van der Waals surface area contributed by atoms with Crippen molar-refractivity contribution in [2.75, 3.05) is 0 Å². The summed E-state index contributed by atoms with van der Waals surface area (Å²) in [5, 5.41) is 19.0. The highest BCUT2D eigenvalue weighted by atomic mass is 16.3. The van der Waals surface area contributed by atoms with Gasteiger partial charge in [-0.1, -0.05) is 26.2 Å². The summed E-state index contributed by atoms with van der Waals surface area (Å²) in [5.41, 5.74) is -0.633. The molecule has 0 aliphatic rings. The molecule has 0 aromatic carbocycles. The first-order chi connectivity index (χ1) is 5.95. The summed E-state index contributed by atoms with van der Waals surface area (Å²) in [4.78, 5) is 0. The molecule has 0 aliphatic carbocycles. The van der Waals surface area contributed by atoms with Crippen LogP contribution in [0.5, 0.6) is 0 Å². The fourth-order valence-electron chi connectivity index (χ4n) is 1.29. The number of aliphatic hydroxyl groups excluding tert-OH is 1. The average Bonchev–Trinajstić information content (AvgIpc) is 2.00. The topological polar surface area (TPSA) is 40.5 Å². The van der Waals surface area contributed by atoms with E-state index in [1.54, 1.807) is 13.8 Å². The van der Waals surface area contributed by atoms with Gasteiger partial charge in [-0.3, -0.25) is 0 Å². The van der Waals surface area contributed by atoms with Gasteiger partial charge in [0, 0.05) is 0 Å². The molecule has 0 rings (SSSR count). The number of hydrogen-bond acceptors (Lipinski definition) is 2. The summed E-state index contributed by atoms with van der Waals surface area (Å²) in [6.07, 6.45) is 5.54. The van der Waals surface area contributed by atoms with Gasteiger partial charge in [0.05, 0.1) is 11.7 Å². The molecule has 0 aromatic heterocycles. The average molecular weight is 188 g/mol. The molecule has 0 bridgehead atoms. The fraction of sp³-hybridized carbons (Fsp3) is 1.00. The molecule has 0 fully saturated rings. The lowest BCUT2D eigenvalue weighted by Crippen LogP contribution is -2.21. The molecule has 2 N–H and O–H groups in total. The van der Waals surface area contributed by atoms with Crippen LogP contribution in [0.3, 0.4) is 0 Å². The summed E-state index contributed by atoms with van der Waals surface area (Å²) in [6.45, 7) is 5.72. The van der Waals surface area contributed by atoms with Crippen LogP contribution in [-0.4, -0.2) is 21.9 Å². The highest BCUT2D eigenvalue weighted by Crippen LogP contribution is 2.15. The summed E-state index contributed by atoms with van der Waals surface area (Å²) in [6, 6.07) is 0. The first-order valence-corrected chi connectivity index (χ1v) is 5.36. The van der Waals surface area contributed by atoms with Crippen molar-refractivity contribution in [1.29, 1.82) is 0 Å². The predicted octanol–water partition coefficient (Wildman–Crippen LogP) is 2.48. The summed E-state index contributed by atoms with van der Waals surface area (Å²) < 4.78 is 0. The minimum atomic E-state index is -0.633. The lowest BCUT2D eigenvalue weighted by atomic mass is 9.98. The van der Waals surface area contributed by atoms with Crippen LogP contribution in [0.15, 0.2) is 0 Å². The maximum atomic E-state index is 9.53. The Morgan fingerprint density at radius 2 is 1.77 bits per heavy atom. The minimum absolute atomic E-state index is 0.224. The molecular formula is C11H24O2. The highest BCUT2D eigenvalue weighted by molar-refractivity contribution is 4.68. The van der Waals surface area contributed by atoms with E-state index in [9.17, 15) is 10.2 Å². The van der Waals surface area contributed by atoms with Gasteiger partial charge < -0.3 is 10.2 Å². The highest BCUT2D eigenvalue weighted by Gasteiger charge is 2.14. The largest absolute Gasteiger partial charge is 0.393 e. The van der Waals surface area contributed by atoms with Crippen molar-refractivity contribution in [2.24, 2.45) is 0 Å². The summed E-state index contributed by atoms with van der Waals surface area (Å²) >= 11 is 0. The molecule has 0 aromatic rings. The van der Waals surface area contributed by atoms with E-state index in [2.05, 4.69) is 6.92 Å². The van der Waals surface area contributed by atoms with Gasteiger partial charge in [0.1, 0.15) is 0 Å². The van der Waals surface area contributed by atoms with Gasteiger partial charge in [-0.05, 0) is 33.1 Å². The maximum absolute atomic E-state index is 9.53. The van der Waals surface area contributed by atoms with Gasteiger partial charge in [-0.15, -0.1) is 0 Å². The van der Waals surface area contributed by atoms with Gasteiger partial charge in [0.25, 0.3) is 0 Å². The van der Waals surface area contributed by atoms with Crippen LogP contribution in [0, 0.1) is 0 Å². The standard InChI is InChI=1S/C11H24O2/c1-4-5-6-7-10(12)8-9-11(2,3)13/h10,12-13H,4-9H2,1-3H3/t10-/m1/s1. The second-order valence-electron chi connectivity index (χ2n) is 4.50. The second-order valence-corrected chi connectivity index (χ2v) is 4.50. The van der Waals surface area contributed by atoms with E-state index in [-0.39, 0.29) is 6.10 Å². The van der Waals surface area contributed by atoms with Gasteiger partial charge in [0.15, 0.2) is 0 Å². The lowest BCUT2D eigenvalue weighted by Gasteiger charge is -2.19. The Hall–Kier alpha value is -0.0800. The molecule has 2 heteroatoms. The van der Waals surface area contributed by atoms with Gasteiger partial charge in [-0.25, -0.2) is 0 Å². The van der Waals surface area contributed by atoms with Crippen molar-refractivity contribution in [3.05, 3.63) is 0 Å². The van der Waals surface area contributed by atoms with E-state index in [0.717, 1.165) is 12.8 Å². The zero-order valence-electron chi connectivity index (χ0n) is 9.21. The van der Waals surface area contributed by atoms with E-state index in [4.69, 9.17) is 0 Å². The smallest absolute Gasteiger partial charge is 0.0592 e. The molecule has 13 heavy (non-hydrogen) atoms. The Morgan fingerprint density at radius 1 is 1.15 bits per heavy atom. The first kappa shape index (κ1) is 12.9. The van der Waals surface area contributed by atoms with Crippen LogP contribution in [0.25, 0.3) is 0 Å². The fourth-order valence-corrected chi connectivity index (χ4v) is 1.29. The van der Waals surface area contributed by atoms with Crippen molar-refractivity contribution >= 4 is 0 Å². The Bertz CT molecular complexity index is 116. The van der Waals surface area contributed by atoms with Crippen LogP contribution in [-0.2, 0) is 0 Å². The third-order valence-corrected chi connectivity index (χ3v) is 2.23. The van der Waals surface area contributed by atoms with E-state index in [0.29, 0.717) is 12.8 Å². The zero-order chi connectivity index (χ0) is 10.3. The van der Waals surface area contributed by atoms with Gasteiger partial charge in [0.2, 0.25) is 0 Å². The first-order valence-electron chi connectivity index (χ1n) is 5.36. The van der Waals surface area contributed by atoms with Crippen molar-refractivity contribution in [2.45, 2.75) is 71.0 Å². The van der Waals surface area contributed by atoms with E-state index in [1.807, 2.05) is 0 Å². The molecule has 0 radical (unpaired) electrons. The van der Waals surface area contributed by atoms with Crippen LogP contribution in [0.1, 0.15) is 59.3 Å². The molecule has 1 atom stereocenters. The molecule has 0 saturated heterocycles. The SMILES string of the molecule is CCCCC[C@@H](O)CCC(C)(C)O. The molecule has 2 nitrogen and oxygen atoms in total. The Kier molecular flexibility index (Phi) is 6.35. The number of unbranched alkanes of at least 4 members (excludes halogenated alkanes) is 2. The summed E-state index contributed by atoms with van der Waals surface area (Å²) in [5.74, 6) is 0. The second kappa shape index (κ2) is 6.39. The number of aliphatic hydroxyl groups is 2. The molecule has 80 valence electrons. The Labute approximate surface area is 82.0 Å². The van der Waals surface area contributed by atoms with Crippen molar-refractivity contribution < 1.29 is 10.2 Å². The zero-order valence-corrected chi connectivity index (χ0v) is 9.21. The maximum Gasteiger partial charge on any atom is 0.0592 e. The van der Waals surface area contributed by atoms with Crippen molar-refractivity contribution in [3.63, 3.8) is 0 Å².